The zero-order valence-electron chi connectivity index (χ0n) is 29.3. The lowest BCUT2D eigenvalue weighted by Crippen LogP contribution is -2.27. The number of imidazole rings is 1. The molecule has 12 heteroatoms. The standard InChI is InChI=1S/C34H50N6O4Si2/c1-33(2,3)44-32(41)36-25-15-23(20-35)29-27(17-25)39(21-42-11-13-45(5,6)7)31(37-29)30-26-16-24-18-34(24,4)19-28(26)40(38-30)22-43-12-14-46(8,9)10/h15,17-18H,11-14,16,19,21-22H2,1-10H3,(H,36,41)/t34-/m1/s1. The van der Waals surface area contributed by atoms with E-state index in [0.717, 1.165) is 36.2 Å². The number of amides is 1. The fraction of sp³-hybridized carbons (Fsp3) is 0.588. The summed E-state index contributed by atoms with van der Waals surface area (Å²) in [6.45, 7) is 23.7. The number of carbonyl (C=O) groups is 1. The van der Waals surface area contributed by atoms with Crippen molar-refractivity contribution in [1.82, 2.24) is 19.3 Å². The molecular formula is C34H50N6O4Si2. The number of hydrogen-bond acceptors (Lipinski definition) is 7. The molecule has 0 saturated heterocycles. The number of nitrogens with one attached hydrogen (secondary N) is 1. The normalized spacial score (nSPS) is 17.7. The summed E-state index contributed by atoms with van der Waals surface area (Å²) in [6, 6.07) is 7.88. The predicted molar refractivity (Wildman–Crippen MR) is 187 cm³/mol. The second-order valence-electron chi connectivity index (χ2n) is 16.4. The Kier molecular flexibility index (Phi) is 9.20. The number of allylic oxidation sites excluding steroid dienone is 2. The zero-order valence-corrected chi connectivity index (χ0v) is 31.3. The minimum atomic E-state index is -1.31. The molecule has 2 heterocycles. The van der Waals surface area contributed by atoms with Crippen LogP contribution >= 0.6 is 0 Å². The third-order valence-corrected chi connectivity index (χ3v) is 11.9. The molecule has 0 fully saturated rings. The van der Waals surface area contributed by atoms with Gasteiger partial charge >= 0.3 is 6.09 Å². The first-order valence-electron chi connectivity index (χ1n) is 16.3. The van der Waals surface area contributed by atoms with Crippen LogP contribution in [0.1, 0.15) is 44.5 Å². The van der Waals surface area contributed by atoms with Crippen molar-refractivity contribution in [3.8, 4) is 17.6 Å². The van der Waals surface area contributed by atoms with Gasteiger partial charge in [0.25, 0.3) is 0 Å². The Bertz CT molecular complexity index is 1710. The van der Waals surface area contributed by atoms with Crippen LogP contribution in [0, 0.1) is 16.7 Å². The second-order valence-corrected chi connectivity index (χ2v) is 27.6. The summed E-state index contributed by atoms with van der Waals surface area (Å²) in [4.78, 5) is 17.7. The lowest BCUT2D eigenvalue weighted by molar-refractivity contribution is 0.0636. The summed E-state index contributed by atoms with van der Waals surface area (Å²) in [7, 11) is -2.54. The molecule has 1 N–H and O–H groups in total. The highest BCUT2D eigenvalue weighted by Gasteiger charge is 2.45. The van der Waals surface area contributed by atoms with Crippen LogP contribution in [-0.4, -0.2) is 60.4 Å². The highest BCUT2D eigenvalue weighted by atomic mass is 28.3. The van der Waals surface area contributed by atoms with E-state index in [0.29, 0.717) is 48.1 Å². The number of ether oxygens (including phenoxy) is 3. The fourth-order valence-corrected chi connectivity index (χ4v) is 7.20. The molecule has 2 aromatic heterocycles. The van der Waals surface area contributed by atoms with Gasteiger partial charge in [0.2, 0.25) is 0 Å². The Labute approximate surface area is 275 Å². The van der Waals surface area contributed by atoms with Crippen LogP contribution in [-0.2, 0) is 40.5 Å². The highest BCUT2D eigenvalue weighted by molar-refractivity contribution is 6.76. The molecule has 0 unspecified atom stereocenters. The van der Waals surface area contributed by atoms with E-state index in [-0.39, 0.29) is 12.1 Å². The Morgan fingerprint density at radius 3 is 2.33 bits per heavy atom. The number of nitriles is 1. The number of anilines is 1. The Morgan fingerprint density at radius 1 is 1.07 bits per heavy atom. The molecule has 0 radical (unpaired) electrons. The van der Waals surface area contributed by atoms with Gasteiger partial charge in [0, 0.05) is 58.1 Å². The first-order chi connectivity index (χ1) is 21.4. The van der Waals surface area contributed by atoms with Crippen molar-refractivity contribution in [3.63, 3.8) is 0 Å². The van der Waals surface area contributed by atoms with Crippen LogP contribution in [0.15, 0.2) is 23.8 Å². The molecule has 0 aliphatic heterocycles. The molecule has 2 aliphatic rings. The lowest BCUT2D eigenvalue weighted by atomic mass is 9.85. The van der Waals surface area contributed by atoms with Crippen LogP contribution < -0.4 is 5.32 Å². The molecule has 10 nitrogen and oxygen atoms in total. The van der Waals surface area contributed by atoms with Gasteiger partial charge < -0.3 is 14.2 Å². The van der Waals surface area contributed by atoms with Gasteiger partial charge in [-0.1, -0.05) is 57.9 Å². The summed E-state index contributed by atoms with van der Waals surface area (Å²) >= 11 is 0. The molecule has 0 bridgehead atoms. The van der Waals surface area contributed by atoms with Crippen molar-refractivity contribution in [2.45, 2.75) is 111 Å². The summed E-state index contributed by atoms with van der Waals surface area (Å²) in [5.74, 6) is 0.649. The Hall–Kier alpha value is -3.25. The number of nitrogens with zero attached hydrogens (tertiary/aromatic N) is 5. The van der Waals surface area contributed by atoms with Gasteiger partial charge in [0.05, 0.1) is 11.1 Å². The van der Waals surface area contributed by atoms with Gasteiger partial charge in [-0.25, -0.2) is 14.5 Å². The predicted octanol–water partition coefficient (Wildman–Crippen LogP) is 7.79. The molecule has 0 saturated carbocycles. The van der Waals surface area contributed by atoms with E-state index in [1.54, 1.807) is 6.07 Å². The number of benzene rings is 1. The first kappa shape index (κ1) is 34.1. The Morgan fingerprint density at radius 2 is 1.72 bits per heavy atom. The van der Waals surface area contributed by atoms with E-state index in [4.69, 9.17) is 24.3 Å². The largest absolute Gasteiger partial charge is 0.444 e. The van der Waals surface area contributed by atoms with Crippen LogP contribution in [0.4, 0.5) is 10.5 Å². The molecule has 2 aliphatic carbocycles. The molecule has 1 aromatic carbocycles. The maximum atomic E-state index is 12.7. The molecule has 0 spiro atoms. The Balaban J connectivity index is 1.57. The number of carbonyl (C=O) groups excluding carboxylic acids is 1. The molecular weight excluding hydrogens is 613 g/mol. The number of aromatic nitrogens is 4. The van der Waals surface area contributed by atoms with Crippen molar-refractivity contribution in [2.24, 2.45) is 5.41 Å². The van der Waals surface area contributed by atoms with Gasteiger partial charge in [-0.05, 0) is 51.4 Å². The fourth-order valence-electron chi connectivity index (χ4n) is 5.68. The molecule has 248 valence electrons. The van der Waals surface area contributed by atoms with Gasteiger partial charge in [0.15, 0.2) is 5.82 Å². The molecule has 3 aromatic rings. The van der Waals surface area contributed by atoms with Gasteiger partial charge in [-0.2, -0.15) is 10.4 Å². The maximum Gasteiger partial charge on any atom is 0.412 e. The van der Waals surface area contributed by atoms with Gasteiger partial charge in [0.1, 0.15) is 36.3 Å². The highest BCUT2D eigenvalue weighted by Crippen LogP contribution is 2.53. The third kappa shape index (κ3) is 8.00. The van der Waals surface area contributed by atoms with Crippen LogP contribution in [0.5, 0.6) is 0 Å². The summed E-state index contributed by atoms with van der Waals surface area (Å²) in [5.41, 5.74) is 6.03. The average Bonchev–Trinajstić information content (AvgIpc) is 3.27. The van der Waals surface area contributed by atoms with E-state index < -0.39 is 27.8 Å². The first-order valence-corrected chi connectivity index (χ1v) is 23.7. The molecule has 5 rings (SSSR count). The quantitative estimate of drug-likeness (QED) is 0.120. The van der Waals surface area contributed by atoms with E-state index in [2.05, 4.69) is 63.7 Å². The maximum absolute atomic E-state index is 12.7. The van der Waals surface area contributed by atoms with Crippen molar-refractivity contribution in [3.05, 3.63) is 40.6 Å². The van der Waals surface area contributed by atoms with Crippen LogP contribution in [0.3, 0.4) is 0 Å². The number of hydrogen-bond donors (Lipinski definition) is 1. The topological polar surface area (TPSA) is 116 Å². The molecule has 1 atom stereocenters. The van der Waals surface area contributed by atoms with E-state index in [9.17, 15) is 10.1 Å². The smallest absolute Gasteiger partial charge is 0.412 e. The van der Waals surface area contributed by atoms with Gasteiger partial charge in [-0.15, -0.1) is 0 Å². The van der Waals surface area contributed by atoms with E-state index >= 15 is 0 Å². The lowest BCUT2D eigenvalue weighted by Gasteiger charge is -2.21. The minimum absolute atomic E-state index is 0.108. The SMILES string of the molecule is CC(C)(C)OC(=O)Nc1cc(C#N)c2nc(-c3nn(COCC[Si](C)(C)C)c4c3CC3=C[C@]3(C)C4)n(COCC[Si](C)(C)C)c2c1. The average molecular weight is 663 g/mol. The number of fused-ring (bicyclic) bond motifs is 3. The van der Waals surface area contributed by atoms with Crippen LogP contribution in [0.25, 0.3) is 22.6 Å². The molecule has 46 heavy (non-hydrogen) atoms. The number of rotatable bonds is 12. The van der Waals surface area contributed by atoms with Crippen LogP contribution in [0.2, 0.25) is 51.4 Å². The minimum Gasteiger partial charge on any atom is -0.444 e. The molecule has 1 amide bonds. The zero-order chi connectivity index (χ0) is 33.7. The van der Waals surface area contributed by atoms with Crippen molar-refractivity contribution in [1.29, 1.82) is 5.26 Å². The summed E-state index contributed by atoms with van der Waals surface area (Å²) in [5, 5.41) is 18.1. The second kappa shape index (κ2) is 12.4. The van der Waals surface area contributed by atoms with Crippen molar-refractivity contribution >= 4 is 39.0 Å². The van der Waals surface area contributed by atoms with Crippen molar-refractivity contribution < 1.29 is 19.0 Å². The van der Waals surface area contributed by atoms with Crippen molar-refractivity contribution in [2.75, 3.05) is 18.5 Å². The summed E-state index contributed by atoms with van der Waals surface area (Å²) in [6.07, 6.45) is 3.46. The van der Waals surface area contributed by atoms with E-state index in [1.807, 2.05) is 36.1 Å². The summed E-state index contributed by atoms with van der Waals surface area (Å²) < 4.78 is 22.0. The monoisotopic (exact) mass is 662 g/mol. The van der Waals surface area contributed by atoms with Gasteiger partial charge in [-0.3, -0.25) is 9.88 Å². The van der Waals surface area contributed by atoms with E-state index in [1.165, 1.54) is 11.3 Å². The third-order valence-electron chi connectivity index (χ3n) is 8.47.